The van der Waals surface area contributed by atoms with Crippen LogP contribution in [-0.2, 0) is 22.5 Å². The maximum absolute atomic E-state index is 13.4. The van der Waals surface area contributed by atoms with Gasteiger partial charge < -0.3 is 0 Å². The first-order chi connectivity index (χ1) is 13.0. The van der Waals surface area contributed by atoms with Crippen molar-refractivity contribution in [1.29, 1.82) is 4.78 Å². The van der Waals surface area contributed by atoms with E-state index in [4.69, 9.17) is 4.78 Å². The highest BCUT2D eigenvalue weighted by atomic mass is 32.2. The Morgan fingerprint density at radius 1 is 1.39 bits per heavy atom. The molecule has 2 aromatic rings. The molecule has 0 spiro atoms. The number of aromatic nitrogens is 2. The molecule has 28 heavy (non-hydrogen) atoms. The first kappa shape index (κ1) is 21.7. The molecule has 0 aliphatic heterocycles. The minimum absolute atomic E-state index is 0.0662. The van der Waals surface area contributed by atoms with E-state index in [0.29, 0.717) is 18.6 Å². The van der Waals surface area contributed by atoms with Gasteiger partial charge in [0.2, 0.25) is 0 Å². The molecule has 0 radical (unpaired) electrons. The van der Waals surface area contributed by atoms with Gasteiger partial charge >= 0.3 is 6.18 Å². The number of hydrogen-bond donors (Lipinski definition) is 4. The molecule has 2 rings (SSSR count). The Labute approximate surface area is 156 Å². The van der Waals surface area contributed by atoms with Crippen LogP contribution in [-0.4, -0.2) is 38.4 Å². The Morgan fingerprint density at radius 3 is 2.71 bits per heavy atom. The van der Waals surface area contributed by atoms with Crippen molar-refractivity contribution in [1.82, 2.24) is 20.5 Å². The Bertz CT molecular complexity index is 958. The number of hydrogen-bond acceptors (Lipinski definition) is 7. The maximum Gasteiger partial charge on any atom is 0.419 e. The number of rotatable bonds is 7. The second kappa shape index (κ2) is 8.62. The lowest BCUT2D eigenvalue weighted by atomic mass is 10.1. The average Bonchev–Trinajstić information content (AvgIpc) is 3.04. The monoisotopic (exact) mass is 424 g/mol. The number of aliphatic imine (C=N–C) groups is 1. The van der Waals surface area contributed by atoms with Crippen LogP contribution in [0.1, 0.15) is 23.4 Å². The van der Waals surface area contributed by atoms with Gasteiger partial charge in [0.15, 0.2) is 11.5 Å². The smallest absolute Gasteiger partial charge is 0.290 e. The van der Waals surface area contributed by atoms with Crippen LogP contribution in [0.5, 0.6) is 0 Å². The van der Waals surface area contributed by atoms with Gasteiger partial charge in [0, 0.05) is 12.8 Å². The minimum Gasteiger partial charge on any atom is -0.290 e. The zero-order valence-electron chi connectivity index (χ0n) is 14.4. The third-order valence-electron chi connectivity index (χ3n) is 3.35. The van der Waals surface area contributed by atoms with Crippen molar-refractivity contribution >= 4 is 21.4 Å². The molecule has 9 nitrogen and oxygen atoms in total. The summed E-state index contributed by atoms with van der Waals surface area (Å²) in [4.78, 5) is 3.80. The van der Waals surface area contributed by atoms with Crippen molar-refractivity contribution < 1.29 is 31.6 Å². The van der Waals surface area contributed by atoms with Crippen LogP contribution < -0.4 is 10.2 Å². The van der Waals surface area contributed by atoms with E-state index in [9.17, 15) is 27.0 Å². The molecule has 1 heterocycles. The first-order valence-electron chi connectivity index (χ1n) is 7.67. The predicted molar refractivity (Wildman–Crippen MR) is 89.9 cm³/mol. The fourth-order valence-electron chi connectivity index (χ4n) is 2.13. The predicted octanol–water partition coefficient (Wildman–Crippen LogP) is 2.40. The summed E-state index contributed by atoms with van der Waals surface area (Å²) in [7, 11) is -2.86. The summed E-state index contributed by atoms with van der Waals surface area (Å²) in [6.07, 6.45) is -3.10. The second-order valence-electron chi connectivity index (χ2n) is 5.64. The number of halogens is 4. The highest BCUT2D eigenvalue weighted by Gasteiger charge is 2.34. The maximum atomic E-state index is 13.4. The van der Waals surface area contributed by atoms with Gasteiger partial charge in [-0.3, -0.25) is 10.7 Å². The van der Waals surface area contributed by atoms with Gasteiger partial charge in [0.1, 0.15) is 21.4 Å². The molecule has 0 amide bonds. The van der Waals surface area contributed by atoms with Gasteiger partial charge in [-0.1, -0.05) is 5.16 Å². The molecule has 0 bridgehead atoms. The lowest BCUT2D eigenvalue weighted by Gasteiger charge is -2.09. The van der Waals surface area contributed by atoms with Gasteiger partial charge in [-0.25, -0.2) is 27.7 Å². The molecule has 1 atom stereocenters. The van der Waals surface area contributed by atoms with Crippen LogP contribution >= 0.6 is 0 Å². The number of benzene rings is 1. The Kier molecular flexibility index (Phi) is 6.69. The van der Waals surface area contributed by atoms with Crippen molar-refractivity contribution in [3.8, 4) is 0 Å². The fourth-order valence-corrected chi connectivity index (χ4v) is 2.67. The standard InChI is InChI=1S/C14H16F4N6O3S/c1-28(19,26)20-6-2-3-11-12(24-27-23-11)13(22-25)21-8-4-5-10(15)9(7-8)14(16,17)18/h4-5,7,25H,2-3,6H2,1H3,(H,21,22)(H2,19,20,26). The van der Waals surface area contributed by atoms with Crippen molar-refractivity contribution in [2.45, 2.75) is 19.0 Å². The number of aryl methyl sites for hydroxylation is 1. The van der Waals surface area contributed by atoms with Crippen LogP contribution in [0.3, 0.4) is 0 Å². The first-order valence-corrected chi connectivity index (χ1v) is 9.63. The summed E-state index contributed by atoms with van der Waals surface area (Å²) in [6, 6.07) is 2.08. The summed E-state index contributed by atoms with van der Waals surface area (Å²) in [6.45, 7) is 0.219. The number of alkyl halides is 3. The van der Waals surface area contributed by atoms with Crippen molar-refractivity contribution in [2.24, 2.45) is 4.99 Å². The summed E-state index contributed by atoms with van der Waals surface area (Å²) in [5, 5.41) is 16.5. The lowest BCUT2D eigenvalue weighted by molar-refractivity contribution is -0.139. The highest BCUT2D eigenvalue weighted by Crippen LogP contribution is 2.33. The molecule has 154 valence electrons. The molecular weight excluding hydrogens is 408 g/mol. The molecule has 0 saturated heterocycles. The molecule has 1 aromatic heterocycles. The molecule has 0 saturated carbocycles. The zero-order valence-corrected chi connectivity index (χ0v) is 15.2. The summed E-state index contributed by atoms with van der Waals surface area (Å²) in [5.74, 6) is -1.81. The third-order valence-corrected chi connectivity index (χ3v) is 4.11. The zero-order chi connectivity index (χ0) is 20.9. The van der Waals surface area contributed by atoms with Crippen molar-refractivity contribution in [3.05, 3.63) is 41.0 Å². The Hall–Kier alpha value is -2.58. The van der Waals surface area contributed by atoms with Crippen LogP contribution in [0.2, 0.25) is 0 Å². The number of nitrogens with one attached hydrogen (secondary N) is 3. The lowest BCUT2D eigenvalue weighted by Crippen LogP contribution is -2.24. The van der Waals surface area contributed by atoms with Gasteiger partial charge in [-0.05, 0) is 36.2 Å². The molecule has 0 aliphatic rings. The number of nitrogens with zero attached hydrogens (tertiary/aromatic N) is 3. The average molecular weight is 424 g/mol. The van der Waals surface area contributed by atoms with E-state index in [1.54, 1.807) is 5.48 Å². The summed E-state index contributed by atoms with van der Waals surface area (Å²) < 4.78 is 77.3. The fraction of sp³-hybridized carbons (Fsp3) is 0.357. The quantitative estimate of drug-likeness (QED) is 0.177. The second-order valence-corrected chi connectivity index (χ2v) is 7.61. The van der Waals surface area contributed by atoms with Gasteiger partial charge in [0.05, 0.1) is 11.3 Å². The number of amidine groups is 1. The molecule has 14 heteroatoms. The van der Waals surface area contributed by atoms with Gasteiger partial charge in [0.25, 0.3) is 0 Å². The summed E-state index contributed by atoms with van der Waals surface area (Å²) >= 11 is 0. The van der Waals surface area contributed by atoms with E-state index >= 15 is 0 Å². The van der Waals surface area contributed by atoms with Gasteiger partial charge in [-0.15, -0.1) is 0 Å². The largest absolute Gasteiger partial charge is 0.419 e. The molecule has 1 aromatic carbocycles. The van der Waals surface area contributed by atoms with E-state index in [1.165, 1.54) is 6.26 Å². The van der Waals surface area contributed by atoms with E-state index < -0.39 is 27.5 Å². The van der Waals surface area contributed by atoms with E-state index in [0.717, 1.165) is 6.07 Å². The Morgan fingerprint density at radius 2 is 2.11 bits per heavy atom. The SMILES string of the molecule is CS(=N)(=O)NCCCc1nonc1C(=Nc1ccc(F)c(C(F)(F)F)c1)NO. The Balaban J connectivity index is 2.24. The molecular formula is C14H16F4N6O3S. The van der Waals surface area contributed by atoms with E-state index in [-0.39, 0.29) is 35.9 Å². The minimum atomic E-state index is -4.91. The van der Waals surface area contributed by atoms with Gasteiger partial charge in [-0.2, -0.15) is 13.2 Å². The summed E-state index contributed by atoms with van der Waals surface area (Å²) in [5.41, 5.74) is 0.0549. The highest BCUT2D eigenvalue weighted by molar-refractivity contribution is 7.89. The molecule has 4 N–H and O–H groups in total. The molecule has 0 aliphatic carbocycles. The van der Waals surface area contributed by atoms with Crippen molar-refractivity contribution in [3.63, 3.8) is 0 Å². The van der Waals surface area contributed by atoms with Crippen LogP contribution in [0.25, 0.3) is 0 Å². The van der Waals surface area contributed by atoms with E-state index in [1.807, 2.05) is 0 Å². The number of hydroxylamine groups is 1. The molecule has 1 unspecified atom stereocenters. The normalized spacial score (nSPS) is 14.7. The van der Waals surface area contributed by atoms with Crippen molar-refractivity contribution in [2.75, 3.05) is 12.8 Å². The van der Waals surface area contributed by atoms with Crippen LogP contribution in [0.15, 0.2) is 27.8 Å². The van der Waals surface area contributed by atoms with E-state index in [2.05, 4.69) is 24.7 Å². The molecule has 0 fully saturated rings. The van der Waals surface area contributed by atoms with Crippen LogP contribution in [0, 0.1) is 10.6 Å². The third kappa shape index (κ3) is 5.97. The van der Waals surface area contributed by atoms with Crippen LogP contribution in [0.4, 0.5) is 23.2 Å². The topological polar surface area (TPSA) is 136 Å².